The number of nitrogens with zero attached hydrogens (tertiary/aromatic N) is 2. The van der Waals surface area contributed by atoms with E-state index in [-0.39, 0.29) is 11.8 Å². The van der Waals surface area contributed by atoms with Crippen molar-refractivity contribution in [1.29, 1.82) is 0 Å². The number of amides is 2. The second kappa shape index (κ2) is 5.23. The number of anilines is 1. The molecule has 2 rings (SSSR count). The van der Waals surface area contributed by atoms with Crippen LogP contribution in [0.1, 0.15) is 26.5 Å². The highest BCUT2D eigenvalue weighted by Gasteiger charge is 2.16. The molecule has 2 heterocycles. The SMILES string of the molecule is CNC(=O)c1ccsc1NC(=O)c1cc(C)n(C)n1. The van der Waals surface area contributed by atoms with Gasteiger partial charge in [0.25, 0.3) is 11.8 Å². The molecule has 2 N–H and O–H groups in total. The first kappa shape index (κ1) is 13.3. The Morgan fingerprint density at radius 1 is 1.37 bits per heavy atom. The third kappa shape index (κ3) is 2.65. The normalized spacial score (nSPS) is 10.3. The van der Waals surface area contributed by atoms with Gasteiger partial charge in [0.1, 0.15) is 5.00 Å². The van der Waals surface area contributed by atoms with Crippen LogP contribution >= 0.6 is 11.3 Å². The third-order valence-electron chi connectivity index (χ3n) is 2.71. The average Bonchev–Trinajstić information content (AvgIpc) is 2.96. The van der Waals surface area contributed by atoms with Crippen molar-refractivity contribution in [2.24, 2.45) is 7.05 Å². The molecule has 2 aromatic heterocycles. The molecule has 0 atom stereocenters. The van der Waals surface area contributed by atoms with Crippen LogP contribution in [-0.2, 0) is 7.05 Å². The van der Waals surface area contributed by atoms with Crippen molar-refractivity contribution in [3.63, 3.8) is 0 Å². The fourth-order valence-electron chi connectivity index (χ4n) is 1.56. The summed E-state index contributed by atoms with van der Waals surface area (Å²) in [6.07, 6.45) is 0. The molecular weight excluding hydrogens is 264 g/mol. The second-order valence-electron chi connectivity index (χ2n) is 3.99. The van der Waals surface area contributed by atoms with E-state index in [1.807, 2.05) is 6.92 Å². The van der Waals surface area contributed by atoms with Crippen LogP contribution in [0.15, 0.2) is 17.5 Å². The number of nitrogens with one attached hydrogen (secondary N) is 2. The first-order valence-corrected chi connectivity index (χ1v) is 6.52. The van der Waals surface area contributed by atoms with Gasteiger partial charge in [0, 0.05) is 19.8 Å². The van der Waals surface area contributed by atoms with Crippen LogP contribution < -0.4 is 10.6 Å². The van der Waals surface area contributed by atoms with Crippen LogP contribution in [0.25, 0.3) is 0 Å². The highest BCUT2D eigenvalue weighted by molar-refractivity contribution is 7.14. The largest absolute Gasteiger partial charge is 0.355 e. The molecule has 0 fully saturated rings. The van der Waals surface area contributed by atoms with E-state index in [0.717, 1.165) is 5.69 Å². The molecule has 19 heavy (non-hydrogen) atoms. The number of aryl methyl sites for hydroxylation is 2. The van der Waals surface area contributed by atoms with Crippen molar-refractivity contribution in [3.8, 4) is 0 Å². The Hall–Kier alpha value is -2.15. The monoisotopic (exact) mass is 278 g/mol. The quantitative estimate of drug-likeness (QED) is 0.891. The zero-order valence-corrected chi connectivity index (χ0v) is 11.7. The van der Waals surface area contributed by atoms with E-state index in [2.05, 4.69) is 15.7 Å². The molecule has 0 aliphatic carbocycles. The van der Waals surface area contributed by atoms with E-state index in [9.17, 15) is 9.59 Å². The van der Waals surface area contributed by atoms with Gasteiger partial charge in [-0.05, 0) is 24.4 Å². The molecule has 2 amide bonds. The van der Waals surface area contributed by atoms with Gasteiger partial charge in [-0.2, -0.15) is 5.10 Å². The van der Waals surface area contributed by atoms with Gasteiger partial charge in [0.05, 0.1) is 5.56 Å². The molecule has 2 aromatic rings. The van der Waals surface area contributed by atoms with Crippen molar-refractivity contribution in [1.82, 2.24) is 15.1 Å². The third-order valence-corrected chi connectivity index (χ3v) is 3.54. The maximum absolute atomic E-state index is 12.0. The number of thiophene rings is 1. The summed E-state index contributed by atoms with van der Waals surface area (Å²) < 4.78 is 1.63. The van der Waals surface area contributed by atoms with Gasteiger partial charge in [-0.3, -0.25) is 14.3 Å². The maximum Gasteiger partial charge on any atom is 0.276 e. The molecular formula is C12H14N4O2S. The predicted molar refractivity (Wildman–Crippen MR) is 73.6 cm³/mol. The molecule has 0 aliphatic heterocycles. The topological polar surface area (TPSA) is 76.0 Å². The van der Waals surface area contributed by atoms with Crippen LogP contribution in [0.5, 0.6) is 0 Å². The molecule has 0 saturated heterocycles. The molecule has 7 heteroatoms. The van der Waals surface area contributed by atoms with Gasteiger partial charge in [-0.15, -0.1) is 11.3 Å². The lowest BCUT2D eigenvalue weighted by atomic mass is 10.3. The number of carbonyl (C=O) groups excluding carboxylic acids is 2. The van der Waals surface area contributed by atoms with E-state index in [1.165, 1.54) is 11.3 Å². The Kier molecular flexibility index (Phi) is 3.66. The van der Waals surface area contributed by atoms with E-state index in [1.54, 1.807) is 36.3 Å². The minimum Gasteiger partial charge on any atom is -0.355 e. The molecule has 0 spiro atoms. The van der Waals surface area contributed by atoms with Gasteiger partial charge >= 0.3 is 0 Å². The van der Waals surface area contributed by atoms with E-state index < -0.39 is 0 Å². The zero-order valence-electron chi connectivity index (χ0n) is 10.9. The average molecular weight is 278 g/mol. The second-order valence-corrected chi connectivity index (χ2v) is 4.91. The van der Waals surface area contributed by atoms with E-state index >= 15 is 0 Å². The molecule has 0 unspecified atom stereocenters. The van der Waals surface area contributed by atoms with Gasteiger partial charge in [0.2, 0.25) is 0 Å². The molecule has 0 aliphatic rings. The van der Waals surface area contributed by atoms with E-state index in [0.29, 0.717) is 16.3 Å². The summed E-state index contributed by atoms with van der Waals surface area (Å²) in [5.41, 5.74) is 1.67. The molecule has 6 nitrogen and oxygen atoms in total. The summed E-state index contributed by atoms with van der Waals surface area (Å²) in [5, 5.41) is 11.6. The van der Waals surface area contributed by atoms with Crippen molar-refractivity contribution >= 4 is 28.2 Å². The van der Waals surface area contributed by atoms with Gasteiger partial charge in [-0.1, -0.05) is 0 Å². The molecule has 100 valence electrons. The lowest BCUT2D eigenvalue weighted by Gasteiger charge is -2.03. The van der Waals surface area contributed by atoms with Crippen LogP contribution in [0, 0.1) is 6.92 Å². The number of aromatic nitrogens is 2. The van der Waals surface area contributed by atoms with Crippen LogP contribution in [-0.4, -0.2) is 28.6 Å². The Morgan fingerprint density at radius 2 is 2.11 bits per heavy atom. The Labute approximate surface area is 114 Å². The predicted octanol–water partition coefficient (Wildman–Crippen LogP) is 1.40. The number of carbonyl (C=O) groups is 2. The van der Waals surface area contributed by atoms with Gasteiger partial charge in [0.15, 0.2) is 5.69 Å². The number of hydrogen-bond acceptors (Lipinski definition) is 4. The minimum atomic E-state index is -0.323. The van der Waals surface area contributed by atoms with Crippen LogP contribution in [0.4, 0.5) is 5.00 Å². The smallest absolute Gasteiger partial charge is 0.276 e. The molecule has 0 bridgehead atoms. The summed E-state index contributed by atoms with van der Waals surface area (Å²) >= 11 is 1.30. The summed E-state index contributed by atoms with van der Waals surface area (Å²) in [5.74, 6) is -0.551. The summed E-state index contributed by atoms with van der Waals surface area (Å²) in [6.45, 7) is 1.87. The lowest BCUT2D eigenvalue weighted by molar-refractivity contribution is 0.0964. The summed E-state index contributed by atoms with van der Waals surface area (Å²) in [7, 11) is 3.32. The summed E-state index contributed by atoms with van der Waals surface area (Å²) in [4.78, 5) is 23.6. The first-order valence-electron chi connectivity index (χ1n) is 5.64. The summed E-state index contributed by atoms with van der Waals surface area (Å²) in [6, 6.07) is 3.37. The van der Waals surface area contributed by atoms with Crippen LogP contribution in [0.3, 0.4) is 0 Å². The molecule has 0 aromatic carbocycles. The maximum atomic E-state index is 12.0. The Balaban J connectivity index is 2.20. The van der Waals surface area contributed by atoms with Gasteiger partial charge in [-0.25, -0.2) is 0 Å². The van der Waals surface area contributed by atoms with Crippen molar-refractivity contribution in [2.45, 2.75) is 6.92 Å². The van der Waals surface area contributed by atoms with Crippen molar-refractivity contribution < 1.29 is 9.59 Å². The lowest BCUT2D eigenvalue weighted by Crippen LogP contribution is -2.20. The highest BCUT2D eigenvalue weighted by atomic mass is 32.1. The molecule has 0 saturated carbocycles. The number of hydrogen-bond donors (Lipinski definition) is 2. The van der Waals surface area contributed by atoms with E-state index in [4.69, 9.17) is 0 Å². The molecule has 0 radical (unpaired) electrons. The first-order chi connectivity index (χ1) is 9.02. The minimum absolute atomic E-state index is 0.228. The standard InChI is InChI=1S/C12H14N4O2S/c1-7-6-9(15-16(7)3)11(18)14-12-8(4-5-19-12)10(17)13-2/h4-6H,1-3H3,(H,13,17)(H,14,18). The highest BCUT2D eigenvalue weighted by Crippen LogP contribution is 2.23. The zero-order chi connectivity index (χ0) is 14.0. The Bertz CT molecular complexity index is 610. The number of rotatable bonds is 3. The van der Waals surface area contributed by atoms with Crippen LogP contribution in [0.2, 0.25) is 0 Å². The van der Waals surface area contributed by atoms with Crippen molar-refractivity contribution in [2.75, 3.05) is 12.4 Å². The van der Waals surface area contributed by atoms with Gasteiger partial charge < -0.3 is 10.6 Å². The Morgan fingerprint density at radius 3 is 2.68 bits per heavy atom. The van der Waals surface area contributed by atoms with Crippen molar-refractivity contribution in [3.05, 3.63) is 34.5 Å². The fraction of sp³-hybridized carbons (Fsp3) is 0.250. The fourth-order valence-corrected chi connectivity index (χ4v) is 2.34.